The van der Waals surface area contributed by atoms with Crippen molar-refractivity contribution >= 4 is 16.9 Å². The summed E-state index contributed by atoms with van der Waals surface area (Å²) >= 11 is 0. The van der Waals surface area contributed by atoms with Crippen LogP contribution >= 0.6 is 0 Å². The smallest absolute Gasteiger partial charge is 0.339 e. The molecule has 4 aromatic rings. The Hall–Kier alpha value is -3.86. The highest BCUT2D eigenvalue weighted by molar-refractivity contribution is 5.82. The molecule has 4 rings (SSSR count). The number of benzene rings is 3. The van der Waals surface area contributed by atoms with Gasteiger partial charge in [0.2, 0.25) is 0 Å². The molecule has 1 heterocycles. The zero-order chi connectivity index (χ0) is 21.8. The summed E-state index contributed by atoms with van der Waals surface area (Å²) < 4.78 is 11.4. The first kappa shape index (κ1) is 20.4. The summed E-state index contributed by atoms with van der Waals surface area (Å²) in [5.41, 5.74) is 4.37. The Morgan fingerprint density at radius 2 is 1.74 bits per heavy atom. The molecule has 0 unspecified atom stereocenters. The van der Waals surface area contributed by atoms with Gasteiger partial charge in [0.05, 0.1) is 0 Å². The van der Waals surface area contributed by atoms with E-state index in [0.29, 0.717) is 23.5 Å². The van der Waals surface area contributed by atoms with E-state index in [-0.39, 0.29) is 12.8 Å². The van der Waals surface area contributed by atoms with Crippen molar-refractivity contribution in [2.24, 2.45) is 0 Å². The van der Waals surface area contributed by atoms with Crippen molar-refractivity contribution < 1.29 is 19.1 Å². The second-order valence-electron chi connectivity index (χ2n) is 7.40. The largest absolute Gasteiger partial charge is 0.489 e. The average molecular weight is 414 g/mol. The van der Waals surface area contributed by atoms with Crippen LogP contribution in [0.3, 0.4) is 0 Å². The number of carboxylic acid groups (broad SMARTS) is 1. The van der Waals surface area contributed by atoms with Crippen LogP contribution < -0.4 is 10.4 Å². The van der Waals surface area contributed by atoms with Gasteiger partial charge in [-0.1, -0.05) is 48.5 Å². The average Bonchev–Trinajstić information content (AvgIpc) is 2.78. The van der Waals surface area contributed by atoms with Gasteiger partial charge in [-0.15, -0.1) is 0 Å². The molecule has 1 N–H and O–H groups in total. The molecule has 0 saturated carbocycles. The van der Waals surface area contributed by atoms with Crippen molar-refractivity contribution in [3.05, 3.63) is 99.9 Å². The normalized spacial score (nSPS) is 10.9. The third kappa shape index (κ3) is 4.67. The Morgan fingerprint density at radius 1 is 0.968 bits per heavy atom. The molecule has 0 radical (unpaired) electrons. The minimum atomic E-state index is -0.945. The molecule has 3 aromatic carbocycles. The number of carbonyl (C=O) groups is 1. The van der Waals surface area contributed by atoms with E-state index >= 15 is 0 Å². The summed E-state index contributed by atoms with van der Waals surface area (Å²) in [6.07, 6.45) is 0.0375. The monoisotopic (exact) mass is 414 g/mol. The Morgan fingerprint density at radius 3 is 2.52 bits per heavy atom. The molecule has 0 aliphatic carbocycles. The number of hydrogen-bond acceptors (Lipinski definition) is 4. The van der Waals surface area contributed by atoms with Gasteiger partial charge in [-0.2, -0.15) is 0 Å². The molecule has 0 fully saturated rings. The Bertz CT molecular complexity index is 1290. The lowest BCUT2D eigenvalue weighted by Gasteiger charge is -2.11. The summed E-state index contributed by atoms with van der Waals surface area (Å²) in [5.74, 6) is -0.350. The standard InChI is InChI=1S/C26H22O5/c1-17-22-11-10-21(15-24(22)31-26(29)23(17)12-13-25(27)28)30-16-18-6-5-9-20(14-18)19-7-3-2-4-8-19/h2-11,14-15H,12-13,16H2,1H3,(H,27,28). The van der Waals surface area contributed by atoms with Gasteiger partial charge in [0.15, 0.2) is 0 Å². The molecule has 0 amide bonds. The fraction of sp³-hybridized carbons (Fsp3) is 0.154. The van der Waals surface area contributed by atoms with E-state index in [0.717, 1.165) is 27.6 Å². The summed E-state index contributed by atoms with van der Waals surface area (Å²) in [6, 6.07) is 23.7. The van der Waals surface area contributed by atoms with Crippen molar-refractivity contribution in [2.75, 3.05) is 0 Å². The van der Waals surface area contributed by atoms with E-state index in [4.69, 9.17) is 14.3 Å². The molecule has 0 bridgehead atoms. The first-order valence-corrected chi connectivity index (χ1v) is 10.1. The molecule has 5 heteroatoms. The first-order chi connectivity index (χ1) is 15.0. The van der Waals surface area contributed by atoms with Crippen molar-refractivity contribution in [3.63, 3.8) is 0 Å². The maximum Gasteiger partial charge on any atom is 0.339 e. The van der Waals surface area contributed by atoms with Gasteiger partial charge < -0.3 is 14.3 Å². The van der Waals surface area contributed by atoms with Gasteiger partial charge >= 0.3 is 11.6 Å². The van der Waals surface area contributed by atoms with Gasteiger partial charge in [-0.25, -0.2) is 4.79 Å². The zero-order valence-corrected chi connectivity index (χ0v) is 17.1. The van der Waals surface area contributed by atoms with Crippen molar-refractivity contribution in [1.82, 2.24) is 0 Å². The maximum absolute atomic E-state index is 12.3. The van der Waals surface area contributed by atoms with E-state index in [9.17, 15) is 9.59 Å². The number of ether oxygens (including phenoxy) is 1. The lowest BCUT2D eigenvalue weighted by Crippen LogP contribution is -2.12. The van der Waals surface area contributed by atoms with Crippen LogP contribution in [0.1, 0.15) is 23.1 Å². The third-order valence-electron chi connectivity index (χ3n) is 5.29. The topological polar surface area (TPSA) is 76.7 Å². The summed E-state index contributed by atoms with van der Waals surface area (Å²) in [5, 5.41) is 9.67. The molecule has 0 spiro atoms. The Labute approximate surface area is 179 Å². The predicted molar refractivity (Wildman–Crippen MR) is 119 cm³/mol. The lowest BCUT2D eigenvalue weighted by molar-refractivity contribution is -0.136. The van der Waals surface area contributed by atoms with Crippen molar-refractivity contribution in [2.45, 2.75) is 26.4 Å². The molecule has 1 aromatic heterocycles. The van der Waals surface area contributed by atoms with Gasteiger partial charge in [-0.05, 0) is 53.8 Å². The van der Waals surface area contributed by atoms with E-state index in [1.54, 1.807) is 6.07 Å². The van der Waals surface area contributed by atoms with Crippen LogP contribution in [0.25, 0.3) is 22.1 Å². The van der Waals surface area contributed by atoms with E-state index in [2.05, 4.69) is 24.3 Å². The summed E-state index contributed by atoms with van der Waals surface area (Å²) in [6.45, 7) is 2.19. The van der Waals surface area contributed by atoms with Crippen LogP contribution in [0.15, 0.2) is 82.0 Å². The highest BCUT2D eigenvalue weighted by Crippen LogP contribution is 2.26. The third-order valence-corrected chi connectivity index (χ3v) is 5.29. The van der Waals surface area contributed by atoms with Crippen LogP contribution in [0.2, 0.25) is 0 Å². The van der Waals surface area contributed by atoms with Crippen LogP contribution in [0.4, 0.5) is 0 Å². The quantitative estimate of drug-likeness (QED) is 0.412. The SMILES string of the molecule is Cc1c(CCC(=O)O)c(=O)oc2cc(OCc3cccc(-c4ccccc4)c3)ccc12. The number of fused-ring (bicyclic) bond motifs is 1. The molecule has 0 aliphatic rings. The molecule has 0 aliphatic heterocycles. The molecule has 5 nitrogen and oxygen atoms in total. The second kappa shape index (κ2) is 8.88. The number of aryl methyl sites for hydroxylation is 1. The highest BCUT2D eigenvalue weighted by atomic mass is 16.5. The van der Waals surface area contributed by atoms with Crippen LogP contribution in [-0.4, -0.2) is 11.1 Å². The Balaban J connectivity index is 1.54. The van der Waals surface area contributed by atoms with Crippen LogP contribution in [0, 0.1) is 6.92 Å². The Kier molecular flexibility index (Phi) is 5.85. The van der Waals surface area contributed by atoms with Crippen molar-refractivity contribution in [3.8, 4) is 16.9 Å². The zero-order valence-electron chi connectivity index (χ0n) is 17.1. The van der Waals surface area contributed by atoms with E-state index < -0.39 is 11.6 Å². The van der Waals surface area contributed by atoms with Gasteiger partial charge in [0, 0.05) is 23.4 Å². The van der Waals surface area contributed by atoms with Crippen LogP contribution in [0.5, 0.6) is 5.75 Å². The minimum absolute atomic E-state index is 0.111. The number of aliphatic carboxylic acids is 1. The van der Waals surface area contributed by atoms with Gasteiger partial charge in [0.1, 0.15) is 17.9 Å². The van der Waals surface area contributed by atoms with Crippen molar-refractivity contribution in [1.29, 1.82) is 0 Å². The fourth-order valence-corrected chi connectivity index (χ4v) is 3.62. The summed E-state index contributed by atoms with van der Waals surface area (Å²) in [7, 11) is 0. The van der Waals surface area contributed by atoms with E-state index in [1.807, 2.05) is 49.4 Å². The molecule has 31 heavy (non-hydrogen) atoms. The minimum Gasteiger partial charge on any atom is -0.489 e. The predicted octanol–water partition coefficient (Wildman–Crippen LogP) is 5.36. The summed E-state index contributed by atoms with van der Waals surface area (Å²) in [4.78, 5) is 23.2. The fourth-order valence-electron chi connectivity index (χ4n) is 3.62. The second-order valence-corrected chi connectivity index (χ2v) is 7.40. The van der Waals surface area contributed by atoms with Gasteiger partial charge in [-0.3, -0.25) is 4.79 Å². The number of hydrogen-bond donors (Lipinski definition) is 1. The molecule has 156 valence electrons. The molecular weight excluding hydrogens is 392 g/mol. The lowest BCUT2D eigenvalue weighted by atomic mass is 10.0. The highest BCUT2D eigenvalue weighted by Gasteiger charge is 2.13. The van der Waals surface area contributed by atoms with Crippen LogP contribution in [-0.2, 0) is 17.8 Å². The molecular formula is C26H22O5. The molecule has 0 saturated heterocycles. The first-order valence-electron chi connectivity index (χ1n) is 10.1. The number of rotatable bonds is 7. The molecule has 0 atom stereocenters. The number of carboxylic acids is 1. The van der Waals surface area contributed by atoms with E-state index in [1.165, 1.54) is 0 Å². The maximum atomic E-state index is 12.3. The van der Waals surface area contributed by atoms with Gasteiger partial charge in [0.25, 0.3) is 0 Å².